The van der Waals surface area contributed by atoms with Crippen molar-refractivity contribution in [2.24, 2.45) is 0 Å². The van der Waals surface area contributed by atoms with Crippen LogP contribution in [0.5, 0.6) is 0 Å². The van der Waals surface area contributed by atoms with Crippen LogP contribution in [0.2, 0.25) is 0 Å². The summed E-state index contributed by atoms with van der Waals surface area (Å²) in [7, 11) is -1.83. The smallest absolute Gasteiger partial charge is 0.225 e. The van der Waals surface area contributed by atoms with E-state index in [-0.39, 0.29) is 17.9 Å². The number of aromatic nitrogens is 2. The van der Waals surface area contributed by atoms with E-state index < -0.39 is 10.0 Å². The molecule has 2 unspecified atom stereocenters. The van der Waals surface area contributed by atoms with Crippen molar-refractivity contribution in [2.45, 2.75) is 31.9 Å². The standard InChI is InChI=1S/C13H22N4O3S/c1-11(20-2)10-21(18,19)16-12-5-3-8-17(9-12)13-14-6-4-7-15-13/h4,6-7,11-12,16H,3,5,8-10H2,1-2H3. The van der Waals surface area contributed by atoms with Crippen molar-refractivity contribution in [3.05, 3.63) is 18.5 Å². The van der Waals surface area contributed by atoms with Gasteiger partial charge in [0.25, 0.3) is 0 Å². The molecule has 2 atom stereocenters. The number of hydrogen-bond donors (Lipinski definition) is 1. The number of anilines is 1. The fraction of sp³-hybridized carbons (Fsp3) is 0.692. The SMILES string of the molecule is COC(C)CS(=O)(=O)NC1CCCN(c2ncccn2)C1. The average Bonchev–Trinajstić information content (AvgIpc) is 2.47. The maximum Gasteiger partial charge on any atom is 0.225 e. The molecule has 0 radical (unpaired) electrons. The van der Waals surface area contributed by atoms with Gasteiger partial charge in [0.2, 0.25) is 16.0 Å². The molecule has 0 amide bonds. The maximum atomic E-state index is 12.1. The van der Waals surface area contributed by atoms with Gasteiger partial charge in [-0.2, -0.15) is 0 Å². The molecule has 1 aromatic heterocycles. The van der Waals surface area contributed by atoms with Crippen LogP contribution in [-0.4, -0.2) is 56.5 Å². The van der Waals surface area contributed by atoms with Gasteiger partial charge in [-0.25, -0.2) is 23.1 Å². The lowest BCUT2D eigenvalue weighted by Gasteiger charge is -2.33. The van der Waals surface area contributed by atoms with Gasteiger partial charge in [0, 0.05) is 38.6 Å². The lowest BCUT2D eigenvalue weighted by Crippen LogP contribution is -2.49. The molecule has 118 valence electrons. The van der Waals surface area contributed by atoms with Gasteiger partial charge in [-0.05, 0) is 25.8 Å². The topological polar surface area (TPSA) is 84.4 Å². The fourth-order valence-corrected chi connectivity index (χ4v) is 3.94. The van der Waals surface area contributed by atoms with E-state index in [1.54, 1.807) is 25.4 Å². The van der Waals surface area contributed by atoms with Crippen LogP contribution in [0, 0.1) is 0 Å². The van der Waals surface area contributed by atoms with E-state index in [9.17, 15) is 8.42 Å². The summed E-state index contributed by atoms with van der Waals surface area (Å²) in [6.45, 7) is 3.17. The number of nitrogens with one attached hydrogen (secondary N) is 1. The number of rotatable bonds is 6. The highest BCUT2D eigenvalue weighted by atomic mass is 32.2. The highest BCUT2D eigenvalue weighted by Crippen LogP contribution is 2.16. The van der Waals surface area contributed by atoms with Crippen molar-refractivity contribution >= 4 is 16.0 Å². The molecular formula is C13H22N4O3S. The Bertz CT molecular complexity index is 538. The highest BCUT2D eigenvalue weighted by molar-refractivity contribution is 7.89. The molecule has 1 aliphatic heterocycles. The lowest BCUT2D eigenvalue weighted by atomic mass is 10.1. The van der Waals surface area contributed by atoms with Crippen LogP contribution in [-0.2, 0) is 14.8 Å². The molecule has 0 aliphatic carbocycles. The van der Waals surface area contributed by atoms with Crippen molar-refractivity contribution in [2.75, 3.05) is 30.9 Å². The quantitative estimate of drug-likeness (QED) is 0.818. The summed E-state index contributed by atoms with van der Waals surface area (Å²) in [6, 6.07) is 1.65. The largest absolute Gasteiger partial charge is 0.381 e. The average molecular weight is 314 g/mol. The summed E-state index contributed by atoms with van der Waals surface area (Å²) >= 11 is 0. The normalized spacial score (nSPS) is 21.2. The Morgan fingerprint density at radius 3 is 2.86 bits per heavy atom. The van der Waals surface area contributed by atoms with E-state index in [0.29, 0.717) is 12.5 Å². The van der Waals surface area contributed by atoms with Gasteiger partial charge in [-0.3, -0.25) is 0 Å². The second-order valence-electron chi connectivity index (χ2n) is 5.28. The number of hydrogen-bond acceptors (Lipinski definition) is 6. The van der Waals surface area contributed by atoms with Gasteiger partial charge in [-0.15, -0.1) is 0 Å². The molecule has 0 saturated carbocycles. The van der Waals surface area contributed by atoms with E-state index >= 15 is 0 Å². The molecule has 8 heteroatoms. The number of sulfonamides is 1. The number of methoxy groups -OCH3 is 1. The number of piperidine rings is 1. The van der Waals surface area contributed by atoms with Gasteiger partial charge in [-0.1, -0.05) is 0 Å². The van der Waals surface area contributed by atoms with E-state index in [2.05, 4.69) is 14.7 Å². The highest BCUT2D eigenvalue weighted by Gasteiger charge is 2.26. The Morgan fingerprint density at radius 1 is 1.48 bits per heavy atom. The fourth-order valence-electron chi connectivity index (χ4n) is 2.39. The van der Waals surface area contributed by atoms with Gasteiger partial charge >= 0.3 is 0 Å². The summed E-state index contributed by atoms with van der Waals surface area (Å²) < 4.78 is 31.9. The van der Waals surface area contributed by atoms with Crippen LogP contribution in [0.15, 0.2) is 18.5 Å². The second-order valence-corrected chi connectivity index (χ2v) is 7.08. The molecule has 7 nitrogen and oxygen atoms in total. The Hall–Kier alpha value is -1.25. The molecule has 1 saturated heterocycles. The van der Waals surface area contributed by atoms with Crippen molar-refractivity contribution in [3.8, 4) is 0 Å². The Kier molecular flexibility index (Phi) is 5.49. The molecule has 0 aromatic carbocycles. The van der Waals surface area contributed by atoms with Crippen LogP contribution in [0.4, 0.5) is 5.95 Å². The van der Waals surface area contributed by atoms with Crippen LogP contribution < -0.4 is 9.62 Å². The summed E-state index contributed by atoms with van der Waals surface area (Å²) in [4.78, 5) is 10.4. The monoisotopic (exact) mass is 314 g/mol. The summed E-state index contributed by atoms with van der Waals surface area (Å²) in [5, 5.41) is 0. The Balaban J connectivity index is 1.95. The summed E-state index contributed by atoms with van der Waals surface area (Å²) in [5.74, 6) is 0.619. The molecule has 0 bridgehead atoms. The van der Waals surface area contributed by atoms with Crippen LogP contribution >= 0.6 is 0 Å². The first kappa shape index (κ1) is 16.1. The first-order valence-electron chi connectivity index (χ1n) is 7.05. The molecule has 1 N–H and O–H groups in total. The molecule has 1 aliphatic rings. The first-order valence-corrected chi connectivity index (χ1v) is 8.70. The van der Waals surface area contributed by atoms with E-state index in [1.807, 2.05) is 4.90 Å². The van der Waals surface area contributed by atoms with E-state index in [1.165, 1.54) is 7.11 Å². The molecule has 1 aromatic rings. The van der Waals surface area contributed by atoms with Crippen molar-refractivity contribution < 1.29 is 13.2 Å². The predicted octanol–water partition coefficient (Wildman–Crippen LogP) is 0.400. The Morgan fingerprint density at radius 2 is 2.19 bits per heavy atom. The third kappa shape index (κ3) is 4.90. The van der Waals surface area contributed by atoms with E-state index in [4.69, 9.17) is 4.74 Å². The third-order valence-electron chi connectivity index (χ3n) is 3.46. The van der Waals surface area contributed by atoms with E-state index in [0.717, 1.165) is 19.4 Å². The third-order valence-corrected chi connectivity index (χ3v) is 5.06. The zero-order valence-electron chi connectivity index (χ0n) is 12.4. The number of nitrogens with zero attached hydrogens (tertiary/aromatic N) is 3. The van der Waals surface area contributed by atoms with Crippen LogP contribution in [0.3, 0.4) is 0 Å². The summed E-state index contributed by atoms with van der Waals surface area (Å²) in [6.07, 6.45) is 4.79. The molecule has 21 heavy (non-hydrogen) atoms. The molecule has 2 heterocycles. The van der Waals surface area contributed by atoms with Crippen LogP contribution in [0.1, 0.15) is 19.8 Å². The molecule has 0 spiro atoms. The minimum absolute atomic E-state index is 0.0260. The van der Waals surface area contributed by atoms with Gasteiger partial charge in [0.05, 0.1) is 11.9 Å². The van der Waals surface area contributed by atoms with Crippen molar-refractivity contribution in [1.82, 2.24) is 14.7 Å². The molecular weight excluding hydrogens is 292 g/mol. The molecule has 1 fully saturated rings. The maximum absolute atomic E-state index is 12.1. The zero-order chi connectivity index (χ0) is 15.3. The second kappa shape index (κ2) is 7.15. The zero-order valence-corrected chi connectivity index (χ0v) is 13.2. The molecule has 2 rings (SSSR count). The van der Waals surface area contributed by atoms with Gasteiger partial charge in [0.15, 0.2) is 0 Å². The van der Waals surface area contributed by atoms with Crippen LogP contribution in [0.25, 0.3) is 0 Å². The predicted molar refractivity (Wildman–Crippen MR) is 80.7 cm³/mol. The Labute approximate surface area is 125 Å². The van der Waals surface area contributed by atoms with Crippen molar-refractivity contribution in [1.29, 1.82) is 0 Å². The minimum Gasteiger partial charge on any atom is -0.381 e. The number of ether oxygens (including phenoxy) is 1. The first-order chi connectivity index (χ1) is 10.00. The van der Waals surface area contributed by atoms with Gasteiger partial charge < -0.3 is 9.64 Å². The lowest BCUT2D eigenvalue weighted by molar-refractivity contribution is 0.136. The minimum atomic E-state index is -3.34. The van der Waals surface area contributed by atoms with Crippen molar-refractivity contribution in [3.63, 3.8) is 0 Å². The summed E-state index contributed by atoms with van der Waals surface area (Å²) in [5.41, 5.74) is 0. The van der Waals surface area contributed by atoms with Gasteiger partial charge in [0.1, 0.15) is 0 Å².